The lowest BCUT2D eigenvalue weighted by molar-refractivity contribution is 0.0990. The van der Waals surface area contributed by atoms with Crippen LogP contribution in [0.3, 0.4) is 0 Å². The summed E-state index contributed by atoms with van der Waals surface area (Å²) < 4.78 is 0. The van der Waals surface area contributed by atoms with Crippen molar-refractivity contribution in [1.29, 1.82) is 0 Å². The van der Waals surface area contributed by atoms with E-state index in [0.717, 1.165) is 11.3 Å². The molecule has 0 spiro atoms. The quantitative estimate of drug-likeness (QED) is 0.683. The fourth-order valence-electron chi connectivity index (χ4n) is 2.22. The average molecular weight is 321 g/mol. The molecule has 4 N–H and O–H groups in total. The molecule has 0 bridgehead atoms. The number of H-pyrrole nitrogens is 1. The third kappa shape index (κ3) is 3.14. The second kappa shape index (κ2) is 6.33. The van der Waals surface area contributed by atoms with Gasteiger partial charge in [-0.15, -0.1) is 0 Å². The summed E-state index contributed by atoms with van der Waals surface area (Å²) >= 11 is 0. The average Bonchev–Trinajstić information content (AvgIpc) is 3.01. The van der Waals surface area contributed by atoms with Crippen molar-refractivity contribution in [1.82, 2.24) is 15.0 Å². The van der Waals surface area contributed by atoms with Crippen molar-refractivity contribution >= 4 is 17.5 Å². The first kappa shape index (κ1) is 15.4. The molecular formula is C17H15N5O2. The molecule has 3 rings (SSSR count). The van der Waals surface area contributed by atoms with Gasteiger partial charge in [0.25, 0.3) is 11.8 Å². The van der Waals surface area contributed by atoms with Gasteiger partial charge in [-0.2, -0.15) is 0 Å². The second-order valence-corrected chi connectivity index (χ2v) is 5.21. The SMILES string of the molecule is Cc1cnc(-c2ccccc2NC(=O)c2ccc(C(N)=O)nc2)[nH]1. The molecule has 0 aliphatic carbocycles. The van der Waals surface area contributed by atoms with Gasteiger partial charge in [-0.1, -0.05) is 12.1 Å². The maximum Gasteiger partial charge on any atom is 0.267 e. The Labute approximate surface area is 138 Å². The smallest absolute Gasteiger partial charge is 0.267 e. The fraction of sp³-hybridized carbons (Fsp3) is 0.0588. The molecule has 2 heterocycles. The lowest BCUT2D eigenvalue weighted by Crippen LogP contribution is -2.16. The van der Waals surface area contributed by atoms with E-state index in [9.17, 15) is 9.59 Å². The molecule has 7 heteroatoms. The van der Waals surface area contributed by atoms with Gasteiger partial charge in [0.2, 0.25) is 0 Å². The van der Waals surface area contributed by atoms with Crippen LogP contribution >= 0.6 is 0 Å². The molecule has 0 atom stereocenters. The normalized spacial score (nSPS) is 10.4. The van der Waals surface area contributed by atoms with Gasteiger partial charge >= 0.3 is 0 Å². The third-order valence-electron chi connectivity index (χ3n) is 3.41. The summed E-state index contributed by atoms with van der Waals surface area (Å²) in [5, 5.41) is 2.83. The standard InChI is InChI=1S/C17H15N5O2/c1-10-8-20-16(21-10)12-4-2-3-5-13(12)22-17(24)11-6-7-14(15(18)23)19-9-11/h2-9H,1H3,(H2,18,23)(H,20,21)(H,22,24). The summed E-state index contributed by atoms with van der Waals surface area (Å²) in [4.78, 5) is 34.7. The molecule has 0 saturated heterocycles. The van der Waals surface area contributed by atoms with Crippen LogP contribution in [0.25, 0.3) is 11.4 Å². The van der Waals surface area contributed by atoms with Gasteiger partial charge in [0.05, 0.1) is 11.3 Å². The highest BCUT2D eigenvalue weighted by Crippen LogP contribution is 2.25. The Kier molecular flexibility index (Phi) is 4.07. The number of pyridine rings is 1. The molecule has 0 aliphatic heterocycles. The number of amides is 2. The Hall–Kier alpha value is -3.48. The minimum absolute atomic E-state index is 0.109. The largest absolute Gasteiger partial charge is 0.364 e. The van der Waals surface area contributed by atoms with Crippen LogP contribution in [-0.2, 0) is 0 Å². The molecule has 0 fully saturated rings. The van der Waals surface area contributed by atoms with Gasteiger partial charge in [0, 0.05) is 23.7 Å². The Morgan fingerprint density at radius 1 is 1.08 bits per heavy atom. The van der Waals surface area contributed by atoms with E-state index in [0.29, 0.717) is 17.1 Å². The van der Waals surface area contributed by atoms with Crippen LogP contribution in [0.15, 0.2) is 48.8 Å². The monoisotopic (exact) mass is 321 g/mol. The van der Waals surface area contributed by atoms with E-state index in [4.69, 9.17) is 5.73 Å². The van der Waals surface area contributed by atoms with Gasteiger partial charge in [0.15, 0.2) is 0 Å². The number of nitrogens with one attached hydrogen (secondary N) is 2. The van der Waals surface area contributed by atoms with E-state index >= 15 is 0 Å². The number of hydrogen-bond donors (Lipinski definition) is 3. The maximum atomic E-state index is 12.4. The zero-order valence-electron chi connectivity index (χ0n) is 12.9. The summed E-state index contributed by atoms with van der Waals surface area (Å²) in [7, 11) is 0. The first-order valence-electron chi connectivity index (χ1n) is 7.23. The van der Waals surface area contributed by atoms with Crippen molar-refractivity contribution < 1.29 is 9.59 Å². The highest BCUT2D eigenvalue weighted by molar-refractivity contribution is 6.06. The third-order valence-corrected chi connectivity index (χ3v) is 3.41. The number of para-hydroxylation sites is 1. The number of nitrogens with two attached hydrogens (primary N) is 1. The minimum atomic E-state index is -0.638. The number of benzene rings is 1. The van der Waals surface area contributed by atoms with Gasteiger partial charge in [-0.3, -0.25) is 14.6 Å². The molecule has 0 unspecified atom stereocenters. The summed E-state index contributed by atoms with van der Waals surface area (Å²) in [5.41, 5.74) is 7.90. The predicted molar refractivity (Wildman–Crippen MR) is 89.5 cm³/mol. The molecule has 0 saturated carbocycles. The van der Waals surface area contributed by atoms with Gasteiger partial charge in [0.1, 0.15) is 11.5 Å². The molecule has 120 valence electrons. The Morgan fingerprint density at radius 2 is 1.88 bits per heavy atom. The fourth-order valence-corrected chi connectivity index (χ4v) is 2.22. The summed E-state index contributed by atoms with van der Waals surface area (Å²) in [6.07, 6.45) is 3.04. The second-order valence-electron chi connectivity index (χ2n) is 5.21. The maximum absolute atomic E-state index is 12.4. The van der Waals surface area contributed by atoms with Crippen LogP contribution in [0, 0.1) is 6.92 Å². The minimum Gasteiger partial charge on any atom is -0.364 e. The molecule has 24 heavy (non-hydrogen) atoms. The van der Waals surface area contributed by atoms with Crippen molar-refractivity contribution in [3.8, 4) is 11.4 Å². The van der Waals surface area contributed by atoms with Gasteiger partial charge in [-0.25, -0.2) is 4.98 Å². The van der Waals surface area contributed by atoms with E-state index in [1.54, 1.807) is 12.3 Å². The van der Waals surface area contributed by atoms with Gasteiger partial charge < -0.3 is 16.0 Å². The van der Waals surface area contributed by atoms with Crippen LogP contribution < -0.4 is 11.1 Å². The molecule has 2 aromatic heterocycles. The number of rotatable bonds is 4. The van der Waals surface area contributed by atoms with E-state index in [-0.39, 0.29) is 11.6 Å². The van der Waals surface area contributed by atoms with Crippen LogP contribution in [0.1, 0.15) is 26.5 Å². The van der Waals surface area contributed by atoms with Crippen molar-refractivity contribution in [2.45, 2.75) is 6.92 Å². The molecule has 7 nitrogen and oxygen atoms in total. The summed E-state index contributed by atoms with van der Waals surface area (Å²) in [6, 6.07) is 10.3. The zero-order valence-corrected chi connectivity index (χ0v) is 12.9. The molecular weight excluding hydrogens is 306 g/mol. The predicted octanol–water partition coefficient (Wildman–Crippen LogP) is 2.13. The number of aromatic amines is 1. The highest BCUT2D eigenvalue weighted by atomic mass is 16.2. The Balaban J connectivity index is 1.86. The van der Waals surface area contributed by atoms with Crippen LogP contribution in [-0.4, -0.2) is 26.8 Å². The molecule has 2 amide bonds. The number of primary amides is 1. The molecule has 0 aliphatic rings. The summed E-state index contributed by atoms with van der Waals surface area (Å²) in [6.45, 7) is 1.91. The highest BCUT2D eigenvalue weighted by Gasteiger charge is 2.13. The number of aryl methyl sites for hydroxylation is 1. The lowest BCUT2D eigenvalue weighted by Gasteiger charge is -2.09. The molecule has 0 radical (unpaired) electrons. The first-order valence-corrected chi connectivity index (χ1v) is 7.23. The van der Waals surface area contributed by atoms with Crippen molar-refractivity contribution in [2.75, 3.05) is 5.32 Å². The van der Waals surface area contributed by atoms with Gasteiger partial charge in [-0.05, 0) is 31.2 Å². The van der Waals surface area contributed by atoms with E-state index in [1.807, 2.05) is 25.1 Å². The number of carbonyl (C=O) groups excluding carboxylic acids is 2. The number of hydrogen-bond acceptors (Lipinski definition) is 4. The Bertz CT molecular complexity index is 899. The van der Waals surface area contributed by atoms with E-state index in [1.165, 1.54) is 18.3 Å². The van der Waals surface area contributed by atoms with Crippen molar-refractivity contribution in [3.63, 3.8) is 0 Å². The van der Waals surface area contributed by atoms with E-state index in [2.05, 4.69) is 20.3 Å². The summed E-state index contributed by atoms with van der Waals surface area (Å²) in [5.74, 6) is -0.305. The molecule has 1 aromatic carbocycles. The van der Waals surface area contributed by atoms with Crippen molar-refractivity contribution in [2.24, 2.45) is 5.73 Å². The number of nitrogens with zero attached hydrogens (tertiary/aromatic N) is 2. The van der Waals surface area contributed by atoms with Crippen LogP contribution in [0.2, 0.25) is 0 Å². The van der Waals surface area contributed by atoms with E-state index < -0.39 is 5.91 Å². The first-order chi connectivity index (χ1) is 11.5. The Morgan fingerprint density at radius 3 is 2.50 bits per heavy atom. The molecule has 3 aromatic rings. The number of carbonyl (C=O) groups is 2. The van der Waals surface area contributed by atoms with Crippen molar-refractivity contribution in [3.05, 3.63) is 65.7 Å². The number of aromatic nitrogens is 3. The number of anilines is 1. The lowest BCUT2D eigenvalue weighted by atomic mass is 10.1. The van der Waals surface area contributed by atoms with Crippen LogP contribution in [0.5, 0.6) is 0 Å². The van der Waals surface area contributed by atoms with Crippen LogP contribution in [0.4, 0.5) is 5.69 Å². The topological polar surface area (TPSA) is 114 Å². The number of imidazole rings is 1. The zero-order chi connectivity index (χ0) is 17.1.